The Kier molecular flexibility index (Phi) is 5.17. The van der Waals surface area contributed by atoms with Crippen LogP contribution in [0.5, 0.6) is 0 Å². The zero-order valence-corrected chi connectivity index (χ0v) is 25.3. The van der Waals surface area contributed by atoms with Crippen molar-refractivity contribution in [2.45, 2.75) is 52.4 Å². The second-order valence-electron chi connectivity index (χ2n) is 13.8. The molecule has 0 saturated heterocycles. The first-order chi connectivity index (χ1) is 20.5. The molecule has 0 fully saturated rings. The maximum atomic E-state index is 14.1. The number of aromatic nitrogens is 1. The van der Waals surface area contributed by atoms with Crippen LogP contribution >= 0.6 is 0 Å². The van der Waals surface area contributed by atoms with Gasteiger partial charge < -0.3 is 13.4 Å². The number of hydrogen-bond donors (Lipinski definition) is 0. The third kappa shape index (κ3) is 3.72. The van der Waals surface area contributed by atoms with Crippen molar-refractivity contribution in [3.05, 3.63) is 112 Å². The zero-order valence-electron chi connectivity index (χ0n) is 25.3. The molecule has 43 heavy (non-hydrogen) atoms. The van der Waals surface area contributed by atoms with Crippen LogP contribution in [0, 0.1) is 0 Å². The quantitative estimate of drug-likeness (QED) is 0.187. The molecular weight excluding hydrogens is 530 g/mol. The molecule has 0 N–H and O–H groups in total. The fraction of sp³-hybridized carbons (Fsp3) is 0.205. The highest BCUT2D eigenvalue weighted by atomic mass is 16.3. The van der Waals surface area contributed by atoms with Gasteiger partial charge in [-0.1, -0.05) is 84.0 Å². The van der Waals surface area contributed by atoms with E-state index >= 15 is 0 Å². The Balaban J connectivity index is 1.45. The molecule has 5 aromatic carbocycles. The Morgan fingerprint density at radius 3 is 2.05 bits per heavy atom. The molecule has 8 aromatic rings. The van der Waals surface area contributed by atoms with Crippen molar-refractivity contribution < 1.29 is 8.83 Å². The lowest BCUT2D eigenvalue weighted by Crippen LogP contribution is -2.19. The van der Waals surface area contributed by atoms with Crippen LogP contribution in [0.25, 0.3) is 71.4 Å². The molecule has 0 unspecified atom stereocenters. The summed E-state index contributed by atoms with van der Waals surface area (Å²) in [6.07, 6.45) is 0. The highest BCUT2D eigenvalue weighted by Crippen LogP contribution is 2.41. The lowest BCUT2D eigenvalue weighted by atomic mass is 9.79. The van der Waals surface area contributed by atoms with Crippen molar-refractivity contribution in [1.82, 2.24) is 4.57 Å². The van der Waals surface area contributed by atoms with Crippen molar-refractivity contribution in [1.29, 1.82) is 0 Å². The smallest absolute Gasteiger partial charge is 0.200 e. The van der Waals surface area contributed by atoms with E-state index in [2.05, 4.69) is 101 Å². The van der Waals surface area contributed by atoms with Gasteiger partial charge in [-0.2, -0.15) is 0 Å². The summed E-state index contributed by atoms with van der Waals surface area (Å²) in [4.78, 5) is 14.1. The molecule has 0 aliphatic carbocycles. The average Bonchev–Trinajstić information content (AvgIpc) is 3.51. The Labute approximate surface area is 249 Å². The van der Waals surface area contributed by atoms with Gasteiger partial charge in [0, 0.05) is 27.9 Å². The van der Waals surface area contributed by atoms with Crippen molar-refractivity contribution in [2.75, 3.05) is 0 Å². The SMILES string of the molecule is CC(C)(C)c1cc(C(C)(C)C)c2c(=O)c3ccc(-n4c5ccccc5c5c6oc7ccccc7c6ccc54)cc3oc2c1. The predicted octanol–water partition coefficient (Wildman–Crippen LogP) is 10.5. The molecule has 0 saturated carbocycles. The number of hydrogen-bond acceptors (Lipinski definition) is 3. The molecule has 212 valence electrons. The summed E-state index contributed by atoms with van der Waals surface area (Å²) in [5.41, 5.74) is 7.91. The molecule has 4 heteroatoms. The second kappa shape index (κ2) is 8.61. The summed E-state index contributed by atoms with van der Waals surface area (Å²) < 4.78 is 15.3. The van der Waals surface area contributed by atoms with Gasteiger partial charge in [0.1, 0.15) is 22.3 Å². The molecular formula is C39H33NO3. The number of benzene rings is 5. The summed E-state index contributed by atoms with van der Waals surface area (Å²) in [7, 11) is 0. The van der Waals surface area contributed by atoms with Crippen LogP contribution in [0.2, 0.25) is 0 Å². The van der Waals surface area contributed by atoms with Crippen LogP contribution in [-0.4, -0.2) is 4.57 Å². The first-order valence-corrected chi connectivity index (χ1v) is 14.9. The van der Waals surface area contributed by atoms with Crippen LogP contribution in [0.3, 0.4) is 0 Å². The normalized spacial score (nSPS) is 13.0. The minimum atomic E-state index is -0.216. The van der Waals surface area contributed by atoms with E-state index in [1.54, 1.807) is 0 Å². The molecule has 8 rings (SSSR count). The lowest BCUT2D eigenvalue weighted by Gasteiger charge is -2.26. The van der Waals surface area contributed by atoms with Gasteiger partial charge in [0.2, 0.25) is 5.43 Å². The molecule has 3 aromatic heterocycles. The third-order valence-corrected chi connectivity index (χ3v) is 8.87. The van der Waals surface area contributed by atoms with E-state index in [9.17, 15) is 4.79 Å². The number of para-hydroxylation sites is 2. The van der Waals surface area contributed by atoms with E-state index in [1.165, 1.54) is 0 Å². The first-order valence-electron chi connectivity index (χ1n) is 14.9. The number of rotatable bonds is 1. The molecule has 0 radical (unpaired) electrons. The Morgan fingerprint density at radius 2 is 1.28 bits per heavy atom. The Morgan fingerprint density at radius 1 is 0.558 bits per heavy atom. The monoisotopic (exact) mass is 563 g/mol. The van der Waals surface area contributed by atoms with Crippen LogP contribution in [0.1, 0.15) is 52.7 Å². The highest BCUT2D eigenvalue weighted by molar-refractivity contribution is 6.23. The van der Waals surface area contributed by atoms with Crippen LogP contribution in [-0.2, 0) is 10.8 Å². The summed E-state index contributed by atoms with van der Waals surface area (Å²) >= 11 is 0. The Bertz CT molecular complexity index is 2490. The molecule has 0 spiro atoms. The van der Waals surface area contributed by atoms with E-state index in [1.807, 2.05) is 36.4 Å². The van der Waals surface area contributed by atoms with Gasteiger partial charge in [-0.15, -0.1) is 0 Å². The summed E-state index contributed by atoms with van der Waals surface area (Å²) in [5.74, 6) is 0. The van der Waals surface area contributed by atoms with E-state index in [4.69, 9.17) is 8.83 Å². The summed E-state index contributed by atoms with van der Waals surface area (Å²) in [5, 5.41) is 5.67. The van der Waals surface area contributed by atoms with Gasteiger partial charge in [0.15, 0.2) is 0 Å². The van der Waals surface area contributed by atoms with Gasteiger partial charge >= 0.3 is 0 Å². The fourth-order valence-electron chi connectivity index (χ4n) is 6.64. The molecule has 4 nitrogen and oxygen atoms in total. The minimum absolute atomic E-state index is 0.0133. The summed E-state index contributed by atoms with van der Waals surface area (Å²) in [6, 6.07) is 31.1. The van der Waals surface area contributed by atoms with Crippen molar-refractivity contribution in [3.63, 3.8) is 0 Å². The zero-order chi connectivity index (χ0) is 29.8. The molecule has 0 amide bonds. The standard InChI is InChI=1S/C39H33NO3/c1-38(2,3)22-19-28(39(4,5)6)35-33(20-22)42-32-21-23(15-16-27(32)36(35)41)40-29-13-9-7-12-26(29)34-30(40)18-17-25-24-11-8-10-14-31(24)43-37(25)34/h7-21H,1-6H3. The van der Waals surface area contributed by atoms with E-state index in [0.29, 0.717) is 21.9 Å². The first kappa shape index (κ1) is 25.8. The largest absolute Gasteiger partial charge is 0.456 e. The second-order valence-corrected chi connectivity index (χ2v) is 13.8. The third-order valence-electron chi connectivity index (χ3n) is 8.87. The molecule has 0 bridgehead atoms. The number of fused-ring (bicyclic) bond motifs is 9. The summed E-state index contributed by atoms with van der Waals surface area (Å²) in [6.45, 7) is 13.0. The van der Waals surface area contributed by atoms with Crippen molar-refractivity contribution in [3.8, 4) is 5.69 Å². The van der Waals surface area contributed by atoms with Crippen LogP contribution in [0.4, 0.5) is 0 Å². The van der Waals surface area contributed by atoms with E-state index in [-0.39, 0.29) is 16.3 Å². The fourth-order valence-corrected chi connectivity index (χ4v) is 6.64. The average molecular weight is 564 g/mol. The van der Waals surface area contributed by atoms with Gasteiger partial charge in [-0.25, -0.2) is 0 Å². The molecule has 0 aliphatic rings. The maximum Gasteiger partial charge on any atom is 0.200 e. The van der Waals surface area contributed by atoms with Crippen molar-refractivity contribution in [2.24, 2.45) is 0 Å². The maximum absolute atomic E-state index is 14.1. The van der Waals surface area contributed by atoms with Crippen molar-refractivity contribution >= 4 is 65.7 Å². The number of furan rings is 1. The Hall–Kier alpha value is -4.83. The van der Waals surface area contributed by atoms with E-state index < -0.39 is 0 Å². The molecule has 0 atom stereocenters. The van der Waals surface area contributed by atoms with Gasteiger partial charge in [0.25, 0.3) is 0 Å². The van der Waals surface area contributed by atoms with Gasteiger partial charge in [0.05, 0.1) is 27.2 Å². The highest BCUT2D eigenvalue weighted by Gasteiger charge is 2.26. The van der Waals surface area contributed by atoms with Crippen LogP contribution in [0.15, 0.2) is 105 Å². The molecule has 3 heterocycles. The van der Waals surface area contributed by atoms with E-state index in [0.717, 1.165) is 60.6 Å². The topological polar surface area (TPSA) is 48.3 Å². The van der Waals surface area contributed by atoms with Gasteiger partial charge in [-0.3, -0.25) is 4.79 Å². The van der Waals surface area contributed by atoms with Crippen LogP contribution < -0.4 is 5.43 Å². The number of nitrogens with zero attached hydrogens (tertiary/aromatic N) is 1. The minimum Gasteiger partial charge on any atom is -0.456 e. The lowest BCUT2D eigenvalue weighted by molar-refractivity contribution is 0.567. The predicted molar refractivity (Wildman–Crippen MR) is 179 cm³/mol. The molecule has 0 aliphatic heterocycles. The van der Waals surface area contributed by atoms with Gasteiger partial charge in [-0.05, 0) is 64.4 Å².